The van der Waals surface area contributed by atoms with Crippen LogP contribution in [-0.2, 0) is 0 Å². The minimum atomic E-state index is -0.0393. The fraction of sp³-hybridized carbons (Fsp3) is 0.385. The molecule has 2 heterocycles. The summed E-state index contributed by atoms with van der Waals surface area (Å²) in [6.45, 7) is 7.92. The van der Waals surface area contributed by atoms with Crippen molar-refractivity contribution in [1.82, 2.24) is 9.97 Å². The number of aryl methyl sites for hydroxylation is 1. The zero-order valence-corrected chi connectivity index (χ0v) is 11.3. The third-order valence-electron chi connectivity index (χ3n) is 2.72. The first kappa shape index (κ1) is 12.0. The van der Waals surface area contributed by atoms with Gasteiger partial charge in [-0.3, -0.25) is 4.79 Å². The highest BCUT2D eigenvalue weighted by atomic mass is 32.1. The Labute approximate surface area is 105 Å². The maximum Gasteiger partial charge on any atom is 0.254 e. The Hall–Kier alpha value is -1.42. The van der Waals surface area contributed by atoms with Crippen molar-refractivity contribution in [2.75, 3.05) is 0 Å². The number of nitrogens with one attached hydrogen (secondary N) is 1. The van der Waals surface area contributed by atoms with Gasteiger partial charge in [0.15, 0.2) is 0 Å². The summed E-state index contributed by atoms with van der Waals surface area (Å²) in [6, 6.07) is 2.07. The zero-order valence-electron chi connectivity index (χ0n) is 10.5. The highest BCUT2D eigenvalue weighted by Gasteiger charge is 2.12. The minimum absolute atomic E-state index is 0.0393. The quantitative estimate of drug-likeness (QED) is 0.886. The van der Waals surface area contributed by atoms with E-state index in [1.165, 1.54) is 4.88 Å². The molecule has 0 aliphatic carbocycles. The maximum absolute atomic E-state index is 11.9. The molecule has 1 N–H and O–H groups in total. The van der Waals surface area contributed by atoms with Crippen LogP contribution in [-0.4, -0.2) is 9.97 Å². The van der Waals surface area contributed by atoms with Gasteiger partial charge in [0.25, 0.3) is 5.56 Å². The number of thiophene rings is 1. The Morgan fingerprint density at radius 3 is 2.59 bits per heavy atom. The molecule has 0 saturated heterocycles. The average molecular weight is 248 g/mol. The lowest BCUT2D eigenvalue weighted by atomic mass is 10.1. The molecule has 2 aromatic rings. The molecule has 0 aliphatic rings. The number of hydrogen-bond donors (Lipinski definition) is 1. The van der Waals surface area contributed by atoms with E-state index in [2.05, 4.69) is 23.0 Å². The lowest BCUT2D eigenvalue weighted by Crippen LogP contribution is -2.16. The molecule has 0 bridgehead atoms. The third-order valence-corrected chi connectivity index (χ3v) is 3.58. The van der Waals surface area contributed by atoms with E-state index in [4.69, 9.17) is 0 Å². The molecule has 0 atom stereocenters. The van der Waals surface area contributed by atoms with Gasteiger partial charge in [0.1, 0.15) is 5.82 Å². The number of aromatic amines is 1. The van der Waals surface area contributed by atoms with Gasteiger partial charge in [-0.15, -0.1) is 11.3 Å². The molecule has 2 rings (SSSR count). The summed E-state index contributed by atoms with van der Waals surface area (Å²) in [6.07, 6.45) is 0. The van der Waals surface area contributed by atoms with Gasteiger partial charge < -0.3 is 4.98 Å². The number of nitrogens with zero attached hydrogens (tertiary/aromatic N) is 1. The predicted octanol–water partition coefficient (Wildman–Crippen LogP) is 3.24. The van der Waals surface area contributed by atoms with Crippen molar-refractivity contribution in [3.8, 4) is 11.3 Å². The van der Waals surface area contributed by atoms with Crippen LogP contribution in [0.5, 0.6) is 0 Å². The third kappa shape index (κ3) is 2.31. The Kier molecular flexibility index (Phi) is 3.15. The van der Waals surface area contributed by atoms with Gasteiger partial charge in [-0.25, -0.2) is 4.98 Å². The topological polar surface area (TPSA) is 45.8 Å². The Bertz CT molecular complexity index is 596. The second-order valence-electron chi connectivity index (χ2n) is 4.53. The van der Waals surface area contributed by atoms with Crippen molar-refractivity contribution in [3.63, 3.8) is 0 Å². The van der Waals surface area contributed by atoms with Crippen molar-refractivity contribution in [2.24, 2.45) is 0 Å². The molecule has 4 heteroatoms. The Balaban J connectivity index is 2.64. The van der Waals surface area contributed by atoms with E-state index >= 15 is 0 Å². The molecular formula is C13H16N2OS. The minimum Gasteiger partial charge on any atom is -0.310 e. The summed E-state index contributed by atoms with van der Waals surface area (Å²) in [5, 5.41) is 2.05. The standard InChI is InChI=1S/C13H16N2OS/c1-7(2)12-14-11(9(4)13(16)15-12)10-5-8(3)17-6-10/h5-7H,1-4H3,(H,14,15,16). The van der Waals surface area contributed by atoms with Crippen molar-refractivity contribution >= 4 is 11.3 Å². The summed E-state index contributed by atoms with van der Waals surface area (Å²) >= 11 is 1.68. The largest absolute Gasteiger partial charge is 0.310 e. The summed E-state index contributed by atoms with van der Waals surface area (Å²) in [5.41, 5.74) is 2.49. The van der Waals surface area contributed by atoms with E-state index in [9.17, 15) is 4.79 Å². The second-order valence-corrected chi connectivity index (χ2v) is 5.64. The fourth-order valence-electron chi connectivity index (χ4n) is 1.67. The lowest BCUT2D eigenvalue weighted by molar-refractivity contribution is 0.765. The first-order valence-corrected chi connectivity index (χ1v) is 6.53. The molecule has 0 aromatic carbocycles. The molecule has 0 radical (unpaired) electrons. The van der Waals surface area contributed by atoms with Crippen LogP contribution in [0.15, 0.2) is 16.2 Å². The van der Waals surface area contributed by atoms with E-state index in [1.807, 2.05) is 26.2 Å². The lowest BCUT2D eigenvalue weighted by Gasteiger charge is -2.08. The molecule has 0 fully saturated rings. The van der Waals surface area contributed by atoms with Crippen LogP contribution in [0, 0.1) is 13.8 Å². The van der Waals surface area contributed by atoms with E-state index < -0.39 is 0 Å². The molecule has 17 heavy (non-hydrogen) atoms. The van der Waals surface area contributed by atoms with Crippen LogP contribution in [0.3, 0.4) is 0 Å². The second kappa shape index (κ2) is 4.45. The van der Waals surface area contributed by atoms with E-state index in [0.717, 1.165) is 17.1 Å². The molecule has 0 amide bonds. The van der Waals surface area contributed by atoms with Gasteiger partial charge >= 0.3 is 0 Å². The number of H-pyrrole nitrogens is 1. The Morgan fingerprint density at radius 1 is 1.35 bits per heavy atom. The first-order chi connectivity index (χ1) is 7.99. The smallest absolute Gasteiger partial charge is 0.254 e. The van der Waals surface area contributed by atoms with Gasteiger partial charge in [0, 0.05) is 27.3 Å². The predicted molar refractivity (Wildman–Crippen MR) is 71.7 cm³/mol. The molecule has 0 spiro atoms. The van der Waals surface area contributed by atoms with Crippen molar-refractivity contribution in [1.29, 1.82) is 0 Å². The summed E-state index contributed by atoms with van der Waals surface area (Å²) in [4.78, 5) is 20.5. The highest BCUT2D eigenvalue weighted by Crippen LogP contribution is 2.25. The van der Waals surface area contributed by atoms with Crippen LogP contribution in [0.25, 0.3) is 11.3 Å². The SMILES string of the molecule is Cc1cc(-c2nc(C(C)C)[nH]c(=O)c2C)cs1. The molecule has 0 saturated carbocycles. The molecule has 0 aliphatic heterocycles. The molecule has 2 aromatic heterocycles. The monoisotopic (exact) mass is 248 g/mol. The maximum atomic E-state index is 11.9. The summed E-state index contributed by atoms with van der Waals surface area (Å²) in [7, 11) is 0. The van der Waals surface area contributed by atoms with Crippen LogP contribution >= 0.6 is 11.3 Å². The zero-order chi connectivity index (χ0) is 12.6. The molecular weight excluding hydrogens is 232 g/mol. The van der Waals surface area contributed by atoms with Gasteiger partial charge in [0.05, 0.1) is 5.69 Å². The number of rotatable bonds is 2. The van der Waals surface area contributed by atoms with Crippen LogP contribution < -0.4 is 5.56 Å². The highest BCUT2D eigenvalue weighted by molar-refractivity contribution is 7.10. The Morgan fingerprint density at radius 2 is 2.06 bits per heavy atom. The van der Waals surface area contributed by atoms with Crippen molar-refractivity contribution < 1.29 is 0 Å². The number of hydrogen-bond acceptors (Lipinski definition) is 3. The van der Waals surface area contributed by atoms with Gasteiger partial charge in [-0.1, -0.05) is 13.8 Å². The van der Waals surface area contributed by atoms with Crippen LogP contribution in [0.2, 0.25) is 0 Å². The molecule has 3 nitrogen and oxygen atoms in total. The number of aromatic nitrogens is 2. The van der Waals surface area contributed by atoms with E-state index in [-0.39, 0.29) is 11.5 Å². The van der Waals surface area contributed by atoms with E-state index in [1.54, 1.807) is 11.3 Å². The van der Waals surface area contributed by atoms with Gasteiger partial charge in [-0.05, 0) is 19.9 Å². The van der Waals surface area contributed by atoms with Crippen LogP contribution in [0.1, 0.15) is 36.0 Å². The summed E-state index contributed by atoms with van der Waals surface area (Å²) < 4.78 is 0. The van der Waals surface area contributed by atoms with E-state index in [0.29, 0.717) is 5.56 Å². The van der Waals surface area contributed by atoms with Gasteiger partial charge in [-0.2, -0.15) is 0 Å². The van der Waals surface area contributed by atoms with Crippen LogP contribution in [0.4, 0.5) is 0 Å². The fourth-order valence-corrected chi connectivity index (χ4v) is 2.36. The van der Waals surface area contributed by atoms with Gasteiger partial charge in [0.2, 0.25) is 0 Å². The summed E-state index contributed by atoms with van der Waals surface area (Å²) in [5.74, 6) is 0.973. The molecule has 90 valence electrons. The first-order valence-electron chi connectivity index (χ1n) is 5.65. The normalized spacial score (nSPS) is 11.1. The van der Waals surface area contributed by atoms with Crippen molar-refractivity contribution in [3.05, 3.63) is 38.1 Å². The van der Waals surface area contributed by atoms with Crippen molar-refractivity contribution in [2.45, 2.75) is 33.6 Å². The molecule has 0 unspecified atom stereocenters. The average Bonchev–Trinajstić information content (AvgIpc) is 2.68.